The van der Waals surface area contributed by atoms with Crippen molar-refractivity contribution < 1.29 is 9.90 Å². The average molecular weight is 375 g/mol. The molecule has 0 fully saturated rings. The topological polar surface area (TPSA) is 87.1 Å². The fraction of sp³-hybridized carbons (Fsp3) is 0. The number of carbonyl (C=O) groups is 1. The van der Waals surface area contributed by atoms with E-state index in [0.717, 1.165) is 0 Å². The molecule has 126 valence electrons. The summed E-state index contributed by atoms with van der Waals surface area (Å²) >= 11 is 11.9. The van der Waals surface area contributed by atoms with Crippen LogP contribution in [0.15, 0.2) is 54.7 Å². The van der Waals surface area contributed by atoms with E-state index in [9.17, 15) is 9.90 Å². The number of nitrogens with zero attached hydrogens (tertiary/aromatic N) is 2. The molecule has 25 heavy (non-hydrogen) atoms. The van der Waals surface area contributed by atoms with E-state index in [4.69, 9.17) is 23.2 Å². The van der Waals surface area contributed by atoms with Crippen molar-refractivity contribution in [3.63, 3.8) is 0 Å². The molecule has 1 heterocycles. The Labute approximate surface area is 153 Å². The molecule has 1 aromatic heterocycles. The van der Waals surface area contributed by atoms with Crippen LogP contribution in [0.25, 0.3) is 0 Å². The first-order valence-corrected chi connectivity index (χ1v) is 7.93. The first-order valence-electron chi connectivity index (χ1n) is 7.17. The molecule has 2 aromatic carbocycles. The number of carboxylic acid groups (broad SMARTS) is 1. The molecule has 0 atom stereocenters. The Morgan fingerprint density at radius 2 is 1.80 bits per heavy atom. The molecule has 3 rings (SSSR count). The van der Waals surface area contributed by atoms with Crippen molar-refractivity contribution in [2.75, 3.05) is 10.6 Å². The maximum atomic E-state index is 11.3. The highest BCUT2D eigenvalue weighted by Crippen LogP contribution is 2.26. The highest BCUT2D eigenvalue weighted by Gasteiger charge is 2.10. The molecule has 0 aliphatic heterocycles. The summed E-state index contributed by atoms with van der Waals surface area (Å²) in [6, 6.07) is 13.3. The Hall–Kier alpha value is -2.83. The van der Waals surface area contributed by atoms with Crippen molar-refractivity contribution in [3.8, 4) is 0 Å². The molecule has 6 nitrogen and oxygen atoms in total. The van der Waals surface area contributed by atoms with Gasteiger partial charge < -0.3 is 15.7 Å². The van der Waals surface area contributed by atoms with Gasteiger partial charge in [0, 0.05) is 11.9 Å². The Morgan fingerprint density at radius 3 is 2.56 bits per heavy atom. The van der Waals surface area contributed by atoms with Crippen LogP contribution in [0.4, 0.5) is 23.1 Å². The number of carboxylic acids is 1. The van der Waals surface area contributed by atoms with Gasteiger partial charge in [-0.15, -0.1) is 0 Å². The zero-order chi connectivity index (χ0) is 17.8. The maximum Gasteiger partial charge on any atom is 0.337 e. The van der Waals surface area contributed by atoms with Crippen molar-refractivity contribution >= 4 is 52.3 Å². The Morgan fingerprint density at radius 1 is 1.00 bits per heavy atom. The summed E-state index contributed by atoms with van der Waals surface area (Å²) in [5, 5.41) is 16.1. The number of aromatic carboxylic acids is 1. The van der Waals surface area contributed by atoms with Gasteiger partial charge in [0.15, 0.2) is 0 Å². The quantitative estimate of drug-likeness (QED) is 0.584. The van der Waals surface area contributed by atoms with Crippen molar-refractivity contribution in [3.05, 3.63) is 70.3 Å². The largest absolute Gasteiger partial charge is 0.478 e. The fourth-order valence-corrected chi connectivity index (χ4v) is 2.41. The summed E-state index contributed by atoms with van der Waals surface area (Å²) in [6.45, 7) is 0. The minimum Gasteiger partial charge on any atom is -0.478 e. The van der Waals surface area contributed by atoms with Gasteiger partial charge in [0.05, 0.1) is 21.3 Å². The lowest BCUT2D eigenvalue weighted by Crippen LogP contribution is -2.04. The average Bonchev–Trinajstić information content (AvgIpc) is 2.59. The van der Waals surface area contributed by atoms with E-state index in [2.05, 4.69) is 20.6 Å². The van der Waals surface area contributed by atoms with Crippen LogP contribution in [0, 0.1) is 0 Å². The molecule has 0 aliphatic rings. The van der Waals surface area contributed by atoms with Crippen LogP contribution in [-0.2, 0) is 0 Å². The third-order valence-corrected chi connectivity index (χ3v) is 3.99. The summed E-state index contributed by atoms with van der Waals surface area (Å²) in [6.07, 6.45) is 1.55. The summed E-state index contributed by atoms with van der Waals surface area (Å²) in [7, 11) is 0. The number of hydrogen-bond acceptors (Lipinski definition) is 5. The first-order chi connectivity index (χ1) is 12.0. The number of halogens is 2. The number of hydrogen-bond donors (Lipinski definition) is 3. The second kappa shape index (κ2) is 7.38. The Balaban J connectivity index is 1.82. The SMILES string of the molecule is O=C(O)c1ccccc1Nc1ccnc(Nc2ccc(Cl)c(Cl)c2)n1. The van der Waals surface area contributed by atoms with Crippen LogP contribution >= 0.6 is 23.2 Å². The predicted molar refractivity (Wildman–Crippen MR) is 98.5 cm³/mol. The van der Waals surface area contributed by atoms with Gasteiger partial charge in [-0.05, 0) is 36.4 Å². The second-order valence-electron chi connectivity index (χ2n) is 5.00. The summed E-state index contributed by atoms with van der Waals surface area (Å²) in [5.41, 5.74) is 1.27. The van der Waals surface area contributed by atoms with E-state index < -0.39 is 5.97 Å². The van der Waals surface area contributed by atoms with E-state index >= 15 is 0 Å². The standard InChI is InChI=1S/C17H12Cl2N4O2/c18-12-6-5-10(9-13(12)19)21-17-20-8-7-15(23-17)22-14-4-2-1-3-11(14)16(24)25/h1-9H,(H,24,25)(H2,20,21,22,23). The highest BCUT2D eigenvalue weighted by atomic mass is 35.5. The van der Waals surface area contributed by atoms with Crippen LogP contribution in [0.1, 0.15) is 10.4 Å². The lowest BCUT2D eigenvalue weighted by Gasteiger charge is -2.10. The zero-order valence-electron chi connectivity index (χ0n) is 12.7. The molecule has 0 saturated heterocycles. The molecular weight excluding hydrogens is 363 g/mol. The third-order valence-electron chi connectivity index (χ3n) is 3.25. The van der Waals surface area contributed by atoms with Gasteiger partial charge in [0.2, 0.25) is 5.95 Å². The number of aromatic nitrogens is 2. The molecule has 0 radical (unpaired) electrons. The number of benzene rings is 2. The Bertz CT molecular complexity index is 934. The molecule has 0 bridgehead atoms. The number of anilines is 4. The molecular formula is C17H12Cl2N4O2. The normalized spacial score (nSPS) is 10.3. The molecule has 3 aromatic rings. The van der Waals surface area contributed by atoms with Crippen molar-refractivity contribution in [1.82, 2.24) is 9.97 Å². The summed E-state index contributed by atoms with van der Waals surface area (Å²) in [5.74, 6) is -0.242. The second-order valence-corrected chi connectivity index (χ2v) is 5.81. The minimum atomic E-state index is -1.02. The van der Waals surface area contributed by atoms with Gasteiger partial charge in [-0.3, -0.25) is 0 Å². The van der Waals surface area contributed by atoms with Gasteiger partial charge >= 0.3 is 5.97 Å². The lowest BCUT2D eigenvalue weighted by molar-refractivity contribution is 0.0698. The van der Waals surface area contributed by atoms with Gasteiger partial charge in [-0.1, -0.05) is 35.3 Å². The number of nitrogens with one attached hydrogen (secondary N) is 2. The van der Waals surface area contributed by atoms with Gasteiger partial charge in [-0.25, -0.2) is 9.78 Å². The highest BCUT2D eigenvalue weighted by molar-refractivity contribution is 6.42. The fourth-order valence-electron chi connectivity index (χ4n) is 2.11. The number of para-hydroxylation sites is 1. The van der Waals surface area contributed by atoms with Gasteiger partial charge in [-0.2, -0.15) is 4.98 Å². The van der Waals surface area contributed by atoms with E-state index in [0.29, 0.717) is 33.2 Å². The minimum absolute atomic E-state index is 0.153. The predicted octanol–water partition coefficient (Wildman–Crippen LogP) is 4.97. The van der Waals surface area contributed by atoms with E-state index in [1.807, 2.05) is 0 Å². The van der Waals surface area contributed by atoms with E-state index in [1.54, 1.807) is 48.7 Å². The molecule has 8 heteroatoms. The van der Waals surface area contributed by atoms with Crippen LogP contribution in [-0.4, -0.2) is 21.0 Å². The smallest absolute Gasteiger partial charge is 0.337 e. The van der Waals surface area contributed by atoms with Crippen LogP contribution in [0.5, 0.6) is 0 Å². The first kappa shape index (κ1) is 17.0. The summed E-state index contributed by atoms with van der Waals surface area (Å²) in [4.78, 5) is 19.7. The van der Waals surface area contributed by atoms with Crippen LogP contribution in [0.2, 0.25) is 10.0 Å². The molecule has 0 unspecified atom stereocenters. The Kier molecular flexibility index (Phi) is 5.02. The molecule has 0 amide bonds. The maximum absolute atomic E-state index is 11.3. The molecule has 0 aliphatic carbocycles. The van der Waals surface area contributed by atoms with E-state index in [1.165, 1.54) is 6.07 Å². The van der Waals surface area contributed by atoms with Crippen molar-refractivity contribution in [2.24, 2.45) is 0 Å². The lowest BCUT2D eigenvalue weighted by atomic mass is 10.2. The molecule has 0 spiro atoms. The van der Waals surface area contributed by atoms with E-state index in [-0.39, 0.29) is 5.56 Å². The van der Waals surface area contributed by atoms with Crippen molar-refractivity contribution in [1.29, 1.82) is 0 Å². The van der Waals surface area contributed by atoms with Crippen molar-refractivity contribution in [2.45, 2.75) is 0 Å². The van der Waals surface area contributed by atoms with Crippen LogP contribution < -0.4 is 10.6 Å². The van der Waals surface area contributed by atoms with Gasteiger partial charge in [0.25, 0.3) is 0 Å². The van der Waals surface area contributed by atoms with Crippen LogP contribution in [0.3, 0.4) is 0 Å². The zero-order valence-corrected chi connectivity index (χ0v) is 14.2. The summed E-state index contributed by atoms with van der Waals surface area (Å²) < 4.78 is 0. The number of rotatable bonds is 5. The van der Waals surface area contributed by atoms with Gasteiger partial charge in [0.1, 0.15) is 5.82 Å². The monoisotopic (exact) mass is 374 g/mol. The molecule has 3 N–H and O–H groups in total. The molecule has 0 saturated carbocycles. The third kappa shape index (κ3) is 4.17.